The number of hydrogen-bond donors (Lipinski definition) is 1. The maximum absolute atomic E-state index is 12.9. The molecule has 0 radical (unpaired) electrons. The first-order valence-corrected chi connectivity index (χ1v) is 11.9. The number of carbonyl (C=O) groups excluding carboxylic acids is 5. The van der Waals surface area contributed by atoms with Crippen molar-refractivity contribution in [2.75, 3.05) is 6.61 Å². The van der Waals surface area contributed by atoms with E-state index in [1.54, 1.807) is 24.3 Å². The van der Waals surface area contributed by atoms with Crippen molar-refractivity contribution in [3.05, 3.63) is 107 Å². The summed E-state index contributed by atoms with van der Waals surface area (Å²) < 4.78 is 15.2. The molecule has 0 saturated carbocycles. The molecule has 1 atom stereocenters. The summed E-state index contributed by atoms with van der Waals surface area (Å²) in [6, 6.07) is 22.8. The highest BCUT2D eigenvalue weighted by atomic mass is 16.6. The van der Waals surface area contributed by atoms with E-state index in [4.69, 9.17) is 9.47 Å². The lowest BCUT2D eigenvalue weighted by molar-refractivity contribution is -0.151. The van der Waals surface area contributed by atoms with Gasteiger partial charge < -0.3 is 19.5 Å². The third-order valence-corrected chi connectivity index (χ3v) is 5.34. The number of carbonyl (C=O) groups is 5. The fourth-order valence-electron chi connectivity index (χ4n) is 3.38. The van der Waals surface area contributed by atoms with E-state index in [2.05, 4.69) is 10.1 Å². The summed E-state index contributed by atoms with van der Waals surface area (Å²) in [6.45, 7) is 1.53. The molecular weight excluding hydrogens is 490 g/mol. The van der Waals surface area contributed by atoms with Crippen LogP contribution in [0.15, 0.2) is 84.9 Å². The van der Waals surface area contributed by atoms with Crippen LogP contribution in [0.2, 0.25) is 0 Å². The van der Waals surface area contributed by atoms with Crippen molar-refractivity contribution in [2.24, 2.45) is 0 Å². The summed E-state index contributed by atoms with van der Waals surface area (Å²) in [5.74, 6) is -4.18. The van der Waals surface area contributed by atoms with E-state index in [0.717, 1.165) is 11.1 Å². The number of ether oxygens (including phenoxy) is 3. The van der Waals surface area contributed by atoms with Crippen LogP contribution in [-0.4, -0.2) is 42.2 Å². The average Bonchev–Trinajstić information content (AvgIpc) is 2.95. The molecule has 0 bridgehead atoms. The number of Topliss-reactive ketones (excluding diaryl/α,β-unsaturated/α-hetero) is 2. The number of esters is 2. The summed E-state index contributed by atoms with van der Waals surface area (Å²) >= 11 is 0. The van der Waals surface area contributed by atoms with Crippen LogP contribution in [0.25, 0.3) is 0 Å². The van der Waals surface area contributed by atoms with Crippen LogP contribution < -0.4 is 5.32 Å². The van der Waals surface area contributed by atoms with E-state index < -0.39 is 35.6 Å². The van der Waals surface area contributed by atoms with Gasteiger partial charge in [-0.2, -0.15) is 0 Å². The van der Waals surface area contributed by atoms with Gasteiger partial charge in [-0.05, 0) is 23.6 Å². The Kier molecular flexibility index (Phi) is 10.3. The van der Waals surface area contributed by atoms with Crippen LogP contribution in [-0.2, 0) is 48.2 Å². The van der Waals surface area contributed by atoms with E-state index in [-0.39, 0.29) is 31.8 Å². The van der Waals surface area contributed by atoms with Crippen LogP contribution >= 0.6 is 0 Å². The lowest BCUT2D eigenvalue weighted by Gasteiger charge is -2.18. The standard InChI is InChI=1S/C29H27NO8/c1-2-36-28(34)26(32)25(31)23-15-13-20(14-16-23)17-24(27(33)37-18-21-9-5-3-6-10-21)30-29(35)38-19-22-11-7-4-8-12-22/h3-16,24H,2,17-19H2,1H3,(H,30,35)/t24-/m0/s1. The highest BCUT2D eigenvalue weighted by molar-refractivity contribution is 6.65. The summed E-state index contributed by atoms with van der Waals surface area (Å²) in [4.78, 5) is 61.1. The molecule has 0 aromatic heterocycles. The largest absolute Gasteiger partial charge is 0.460 e. The molecule has 0 aliphatic rings. The number of hydrogen-bond acceptors (Lipinski definition) is 8. The monoisotopic (exact) mass is 517 g/mol. The van der Waals surface area contributed by atoms with Crippen molar-refractivity contribution >= 4 is 29.6 Å². The number of rotatable bonds is 12. The first-order chi connectivity index (χ1) is 18.4. The van der Waals surface area contributed by atoms with Gasteiger partial charge in [0.25, 0.3) is 0 Å². The quantitative estimate of drug-likeness (QED) is 0.127. The number of nitrogens with one attached hydrogen (secondary N) is 1. The number of amides is 1. The Balaban J connectivity index is 1.67. The number of alkyl carbamates (subject to hydrolysis) is 1. The molecule has 0 heterocycles. The second-order valence-electron chi connectivity index (χ2n) is 8.13. The normalized spacial score (nSPS) is 11.1. The van der Waals surface area contributed by atoms with Gasteiger partial charge in [0.2, 0.25) is 5.78 Å². The van der Waals surface area contributed by atoms with Crippen molar-refractivity contribution in [3.8, 4) is 0 Å². The van der Waals surface area contributed by atoms with E-state index in [9.17, 15) is 24.0 Å². The zero-order valence-electron chi connectivity index (χ0n) is 20.8. The Morgan fingerprint density at radius 2 is 1.24 bits per heavy atom. The second kappa shape index (κ2) is 14.1. The van der Waals surface area contributed by atoms with Crippen molar-refractivity contribution in [1.29, 1.82) is 0 Å². The highest BCUT2D eigenvalue weighted by Gasteiger charge is 2.27. The maximum Gasteiger partial charge on any atom is 0.408 e. The summed E-state index contributed by atoms with van der Waals surface area (Å²) in [5.41, 5.74) is 2.12. The van der Waals surface area contributed by atoms with Gasteiger partial charge in [-0.25, -0.2) is 14.4 Å². The van der Waals surface area contributed by atoms with E-state index in [0.29, 0.717) is 5.56 Å². The Bertz CT molecular complexity index is 1260. The van der Waals surface area contributed by atoms with Gasteiger partial charge in [-0.1, -0.05) is 84.9 Å². The molecule has 0 aliphatic carbocycles. The average molecular weight is 518 g/mol. The van der Waals surface area contributed by atoms with Crippen molar-refractivity contribution in [2.45, 2.75) is 32.6 Å². The van der Waals surface area contributed by atoms with Gasteiger partial charge in [0.05, 0.1) is 6.61 Å². The minimum absolute atomic E-state index is 0.00904. The van der Waals surface area contributed by atoms with Gasteiger partial charge in [-0.15, -0.1) is 0 Å². The Hall–Kier alpha value is -4.79. The summed E-state index contributed by atoms with van der Waals surface area (Å²) in [6.07, 6.45) is -0.781. The second-order valence-corrected chi connectivity index (χ2v) is 8.13. The summed E-state index contributed by atoms with van der Waals surface area (Å²) in [7, 11) is 0. The molecule has 9 nitrogen and oxygen atoms in total. The smallest absolute Gasteiger partial charge is 0.408 e. The van der Waals surface area contributed by atoms with Crippen molar-refractivity contribution < 1.29 is 38.2 Å². The SMILES string of the molecule is CCOC(=O)C(=O)C(=O)c1ccc(C[C@H](NC(=O)OCc2ccccc2)C(=O)OCc2ccccc2)cc1. The molecule has 0 aliphatic heterocycles. The Morgan fingerprint density at radius 1 is 0.684 bits per heavy atom. The molecule has 3 rings (SSSR count). The third-order valence-electron chi connectivity index (χ3n) is 5.34. The zero-order valence-corrected chi connectivity index (χ0v) is 20.8. The number of ketones is 2. The fourth-order valence-corrected chi connectivity index (χ4v) is 3.38. The van der Waals surface area contributed by atoms with Gasteiger partial charge >= 0.3 is 23.8 Å². The summed E-state index contributed by atoms with van der Waals surface area (Å²) in [5, 5.41) is 2.54. The van der Waals surface area contributed by atoms with E-state index in [1.807, 2.05) is 36.4 Å². The van der Waals surface area contributed by atoms with Crippen LogP contribution in [0.3, 0.4) is 0 Å². The minimum atomic E-state index is -1.27. The van der Waals surface area contributed by atoms with E-state index in [1.165, 1.54) is 31.2 Å². The molecule has 1 amide bonds. The molecule has 0 spiro atoms. The van der Waals surface area contributed by atoms with Gasteiger partial charge in [-0.3, -0.25) is 9.59 Å². The molecule has 0 fully saturated rings. The van der Waals surface area contributed by atoms with Gasteiger partial charge in [0, 0.05) is 12.0 Å². The van der Waals surface area contributed by atoms with Crippen molar-refractivity contribution in [1.82, 2.24) is 5.32 Å². The first kappa shape index (κ1) is 27.8. The predicted molar refractivity (Wildman–Crippen MR) is 136 cm³/mol. The topological polar surface area (TPSA) is 125 Å². The molecule has 38 heavy (non-hydrogen) atoms. The lowest BCUT2D eigenvalue weighted by atomic mass is 10.0. The van der Waals surface area contributed by atoms with Crippen LogP contribution in [0.1, 0.15) is 34.0 Å². The minimum Gasteiger partial charge on any atom is -0.460 e. The molecule has 3 aromatic carbocycles. The molecule has 0 unspecified atom stereocenters. The molecule has 3 aromatic rings. The number of benzene rings is 3. The van der Waals surface area contributed by atoms with E-state index >= 15 is 0 Å². The third kappa shape index (κ3) is 8.41. The molecule has 9 heteroatoms. The molecule has 196 valence electrons. The predicted octanol–water partition coefficient (Wildman–Crippen LogP) is 3.58. The Morgan fingerprint density at radius 3 is 1.79 bits per heavy atom. The molecular formula is C29H27NO8. The van der Waals surface area contributed by atoms with Gasteiger partial charge in [0.1, 0.15) is 19.3 Å². The molecule has 1 N–H and O–H groups in total. The van der Waals surface area contributed by atoms with Crippen LogP contribution in [0, 0.1) is 0 Å². The highest BCUT2D eigenvalue weighted by Crippen LogP contribution is 2.11. The van der Waals surface area contributed by atoms with Gasteiger partial charge in [0.15, 0.2) is 0 Å². The fraction of sp³-hybridized carbons (Fsp3) is 0.207. The first-order valence-electron chi connectivity index (χ1n) is 11.9. The van der Waals surface area contributed by atoms with Crippen molar-refractivity contribution in [3.63, 3.8) is 0 Å². The zero-order chi connectivity index (χ0) is 27.3. The maximum atomic E-state index is 12.9. The van der Waals surface area contributed by atoms with Crippen LogP contribution in [0.4, 0.5) is 4.79 Å². The molecule has 0 saturated heterocycles. The lowest BCUT2D eigenvalue weighted by Crippen LogP contribution is -2.43. The van der Waals surface area contributed by atoms with Crippen LogP contribution in [0.5, 0.6) is 0 Å². The Labute approximate surface area is 219 Å².